The van der Waals surface area contributed by atoms with Gasteiger partial charge in [0.1, 0.15) is 12.4 Å². The smallest absolute Gasteiger partial charge is 0.248 e. The van der Waals surface area contributed by atoms with Gasteiger partial charge >= 0.3 is 0 Å². The summed E-state index contributed by atoms with van der Waals surface area (Å²) in [4.78, 5) is 15.6. The minimum atomic E-state index is -0.423. The molecule has 0 spiro atoms. The van der Waals surface area contributed by atoms with Crippen LogP contribution in [0.5, 0.6) is 5.75 Å². The first-order valence-corrected chi connectivity index (χ1v) is 8.73. The Morgan fingerprint density at radius 1 is 1.25 bits per heavy atom. The van der Waals surface area contributed by atoms with Crippen molar-refractivity contribution in [2.24, 2.45) is 5.73 Å². The molecule has 1 aromatic heterocycles. The van der Waals surface area contributed by atoms with Crippen LogP contribution in [0.2, 0.25) is 0 Å². The maximum atomic E-state index is 11.1. The molecule has 0 saturated heterocycles. The number of anilines is 1. The van der Waals surface area contributed by atoms with Crippen molar-refractivity contribution in [2.45, 2.75) is 6.54 Å². The number of aromatic nitrogens is 1. The van der Waals surface area contributed by atoms with E-state index in [1.165, 1.54) is 0 Å². The van der Waals surface area contributed by atoms with E-state index in [-0.39, 0.29) is 0 Å². The van der Waals surface area contributed by atoms with Crippen molar-refractivity contribution in [3.05, 3.63) is 53.6 Å². The number of alkyl halides is 1. The summed E-state index contributed by atoms with van der Waals surface area (Å²) in [6.07, 6.45) is 0. The number of nitrogens with two attached hydrogens (primary N) is 1. The van der Waals surface area contributed by atoms with Crippen LogP contribution in [0, 0.1) is 0 Å². The summed E-state index contributed by atoms with van der Waals surface area (Å²) in [6.45, 7) is 1.10. The fourth-order valence-corrected chi connectivity index (χ4v) is 3.16. The summed E-state index contributed by atoms with van der Waals surface area (Å²) in [6, 6.07) is 13.0. The average molecular weight is 362 g/mol. The van der Waals surface area contributed by atoms with Crippen LogP contribution < -0.4 is 15.8 Å². The van der Waals surface area contributed by atoms with Crippen LogP contribution in [0.1, 0.15) is 15.9 Å². The van der Waals surface area contributed by atoms with E-state index in [9.17, 15) is 4.79 Å². The first-order chi connectivity index (χ1) is 11.7. The minimum absolute atomic E-state index is 0.423. The number of ether oxygens (including phenoxy) is 1. The Balaban J connectivity index is 1.67. The third-order valence-corrected chi connectivity index (χ3v) is 4.52. The molecule has 1 heterocycles. The Morgan fingerprint density at radius 2 is 2.04 bits per heavy atom. The van der Waals surface area contributed by atoms with Crippen LogP contribution in [0.15, 0.2) is 42.5 Å². The van der Waals surface area contributed by atoms with Crippen molar-refractivity contribution >= 4 is 44.2 Å². The van der Waals surface area contributed by atoms with Gasteiger partial charge < -0.3 is 15.8 Å². The standard InChI is InChI=1S/C17H16ClN3O2S/c18-7-8-23-13-5-6-14-15(9-13)24-17(21-14)20-10-11-1-3-12(4-2-11)16(19)22/h1-6,9H,7-8,10H2,(H2,19,22)(H,20,21). The molecular formula is C17H16ClN3O2S. The van der Waals surface area contributed by atoms with Crippen LogP contribution in [-0.4, -0.2) is 23.4 Å². The lowest BCUT2D eigenvalue weighted by atomic mass is 10.1. The molecule has 0 saturated carbocycles. The molecule has 3 rings (SSSR count). The fraction of sp³-hybridized carbons (Fsp3) is 0.176. The highest BCUT2D eigenvalue weighted by atomic mass is 35.5. The Bertz CT molecular complexity index is 849. The Morgan fingerprint density at radius 3 is 2.75 bits per heavy atom. The number of thiazole rings is 1. The van der Waals surface area contributed by atoms with Crippen molar-refractivity contribution in [1.82, 2.24) is 4.98 Å². The quantitative estimate of drug-likeness (QED) is 0.630. The summed E-state index contributed by atoms with van der Waals surface area (Å²) in [7, 11) is 0. The topological polar surface area (TPSA) is 77.2 Å². The molecular weight excluding hydrogens is 346 g/mol. The number of primary amides is 1. The van der Waals surface area contributed by atoms with Crippen LogP contribution >= 0.6 is 22.9 Å². The van der Waals surface area contributed by atoms with Gasteiger partial charge in [-0.2, -0.15) is 0 Å². The molecule has 124 valence electrons. The van der Waals surface area contributed by atoms with Gasteiger partial charge in [-0.15, -0.1) is 11.6 Å². The lowest BCUT2D eigenvalue weighted by Crippen LogP contribution is -2.10. The second-order valence-electron chi connectivity index (χ2n) is 5.10. The van der Waals surface area contributed by atoms with Crippen LogP contribution in [-0.2, 0) is 6.54 Å². The number of hydrogen-bond donors (Lipinski definition) is 2. The number of fused-ring (bicyclic) bond motifs is 1. The molecule has 0 fully saturated rings. The van der Waals surface area contributed by atoms with Gasteiger partial charge in [-0.3, -0.25) is 4.79 Å². The molecule has 0 unspecified atom stereocenters. The van der Waals surface area contributed by atoms with Crippen LogP contribution in [0.25, 0.3) is 10.2 Å². The van der Waals surface area contributed by atoms with E-state index in [4.69, 9.17) is 22.1 Å². The normalized spacial score (nSPS) is 10.7. The van der Waals surface area contributed by atoms with Crippen molar-refractivity contribution in [3.63, 3.8) is 0 Å². The summed E-state index contributed by atoms with van der Waals surface area (Å²) in [5.74, 6) is 0.829. The zero-order chi connectivity index (χ0) is 16.9. The number of nitrogens with zero attached hydrogens (tertiary/aromatic N) is 1. The Hall–Kier alpha value is -2.31. The van der Waals surface area contributed by atoms with Gasteiger partial charge in [0.15, 0.2) is 5.13 Å². The molecule has 0 aliphatic rings. The number of amides is 1. The largest absolute Gasteiger partial charge is 0.492 e. The minimum Gasteiger partial charge on any atom is -0.492 e. The first-order valence-electron chi connectivity index (χ1n) is 7.37. The number of hydrogen-bond acceptors (Lipinski definition) is 5. The average Bonchev–Trinajstić information content (AvgIpc) is 3.00. The lowest BCUT2D eigenvalue weighted by molar-refractivity contribution is 0.100. The van der Waals surface area contributed by atoms with E-state index >= 15 is 0 Å². The summed E-state index contributed by atoms with van der Waals surface area (Å²) in [5.41, 5.74) is 7.70. The molecule has 0 atom stereocenters. The van der Waals surface area contributed by atoms with E-state index in [2.05, 4.69) is 10.3 Å². The van der Waals surface area contributed by atoms with E-state index in [0.717, 1.165) is 26.7 Å². The number of nitrogens with one attached hydrogen (secondary N) is 1. The highest BCUT2D eigenvalue weighted by Gasteiger charge is 2.06. The maximum absolute atomic E-state index is 11.1. The molecule has 0 aliphatic heterocycles. The van der Waals surface area contributed by atoms with Gasteiger partial charge in [-0.05, 0) is 35.9 Å². The molecule has 0 aliphatic carbocycles. The maximum Gasteiger partial charge on any atom is 0.248 e. The third-order valence-electron chi connectivity index (χ3n) is 3.39. The number of halogens is 1. The van der Waals surface area contributed by atoms with Gasteiger partial charge in [0.25, 0.3) is 0 Å². The number of carbonyl (C=O) groups is 1. The summed E-state index contributed by atoms with van der Waals surface area (Å²) < 4.78 is 6.57. The van der Waals surface area contributed by atoms with Crippen molar-refractivity contribution in [1.29, 1.82) is 0 Å². The summed E-state index contributed by atoms with van der Waals surface area (Å²) >= 11 is 7.19. The van der Waals surface area contributed by atoms with Gasteiger partial charge in [0, 0.05) is 12.1 Å². The lowest BCUT2D eigenvalue weighted by Gasteiger charge is -2.03. The fourth-order valence-electron chi connectivity index (χ4n) is 2.19. The molecule has 24 heavy (non-hydrogen) atoms. The second-order valence-corrected chi connectivity index (χ2v) is 6.51. The van der Waals surface area contributed by atoms with Crippen molar-refractivity contribution < 1.29 is 9.53 Å². The Labute approximate surface area is 148 Å². The SMILES string of the molecule is NC(=O)c1ccc(CNc2nc3ccc(OCCCl)cc3s2)cc1. The summed E-state index contributed by atoms with van der Waals surface area (Å²) in [5, 5.41) is 4.12. The predicted molar refractivity (Wildman–Crippen MR) is 98.1 cm³/mol. The Kier molecular flexibility index (Phi) is 5.17. The predicted octanol–water partition coefficient (Wildman–Crippen LogP) is 3.62. The number of rotatable bonds is 7. The molecule has 3 N–H and O–H groups in total. The van der Waals surface area contributed by atoms with Gasteiger partial charge in [-0.25, -0.2) is 4.98 Å². The van der Waals surface area contributed by atoms with E-state index in [1.54, 1.807) is 23.5 Å². The number of carbonyl (C=O) groups excluding carboxylic acids is 1. The van der Waals surface area contributed by atoms with Crippen LogP contribution in [0.4, 0.5) is 5.13 Å². The van der Waals surface area contributed by atoms with E-state index in [0.29, 0.717) is 24.6 Å². The highest BCUT2D eigenvalue weighted by molar-refractivity contribution is 7.22. The van der Waals surface area contributed by atoms with Crippen molar-refractivity contribution in [2.75, 3.05) is 17.8 Å². The van der Waals surface area contributed by atoms with Gasteiger partial charge in [0.05, 0.1) is 16.1 Å². The highest BCUT2D eigenvalue weighted by Crippen LogP contribution is 2.29. The zero-order valence-corrected chi connectivity index (χ0v) is 14.4. The third kappa shape index (κ3) is 3.96. The molecule has 2 aromatic carbocycles. The monoisotopic (exact) mass is 361 g/mol. The molecule has 0 radical (unpaired) electrons. The first kappa shape index (κ1) is 16.5. The number of benzene rings is 2. The van der Waals surface area contributed by atoms with Gasteiger partial charge in [-0.1, -0.05) is 23.5 Å². The molecule has 3 aromatic rings. The van der Waals surface area contributed by atoms with Crippen LogP contribution in [0.3, 0.4) is 0 Å². The second kappa shape index (κ2) is 7.51. The molecule has 7 heteroatoms. The van der Waals surface area contributed by atoms with E-state index in [1.807, 2.05) is 30.3 Å². The molecule has 0 bridgehead atoms. The van der Waals surface area contributed by atoms with Gasteiger partial charge in [0.2, 0.25) is 5.91 Å². The molecule has 5 nitrogen and oxygen atoms in total. The zero-order valence-electron chi connectivity index (χ0n) is 12.8. The van der Waals surface area contributed by atoms with Crippen molar-refractivity contribution in [3.8, 4) is 5.75 Å². The molecule has 1 amide bonds. The van der Waals surface area contributed by atoms with E-state index < -0.39 is 5.91 Å².